The van der Waals surface area contributed by atoms with Gasteiger partial charge in [-0.25, -0.2) is 4.98 Å². The lowest BCUT2D eigenvalue weighted by Gasteiger charge is -2.11. The van der Waals surface area contributed by atoms with E-state index in [-0.39, 0.29) is 18.9 Å². The summed E-state index contributed by atoms with van der Waals surface area (Å²) in [4.78, 5) is 14.5. The summed E-state index contributed by atoms with van der Waals surface area (Å²) in [5, 5.41) is 3.18. The number of para-hydroxylation sites is 2. The van der Waals surface area contributed by atoms with Crippen LogP contribution in [0.1, 0.15) is 12.2 Å². The summed E-state index contributed by atoms with van der Waals surface area (Å²) in [6.07, 6.45) is 3.21. The molecule has 19 heavy (non-hydrogen) atoms. The number of anilines is 1. The Labute approximate surface area is 110 Å². The van der Waals surface area contributed by atoms with Crippen LogP contribution < -0.4 is 15.8 Å². The lowest BCUT2D eigenvalue weighted by molar-refractivity contribution is -0.118. The van der Waals surface area contributed by atoms with E-state index in [2.05, 4.69) is 10.3 Å². The van der Waals surface area contributed by atoms with Crippen molar-refractivity contribution in [2.24, 2.45) is 5.73 Å². The maximum Gasteiger partial charge on any atom is 0.220 e. The first-order valence-electron chi connectivity index (χ1n) is 5.87. The molecular weight excluding hydrogens is 246 g/mol. The summed E-state index contributed by atoms with van der Waals surface area (Å²) >= 11 is 0. The first-order valence-corrected chi connectivity index (χ1v) is 5.87. The average Bonchev–Trinajstić information content (AvgIpc) is 2.90. The minimum Gasteiger partial charge on any atom is -0.491 e. The molecule has 0 aliphatic rings. The van der Waals surface area contributed by atoms with Crippen molar-refractivity contribution in [1.82, 2.24) is 4.98 Å². The Morgan fingerprint density at radius 2 is 2.26 bits per heavy atom. The van der Waals surface area contributed by atoms with Crippen LogP contribution in [0.3, 0.4) is 0 Å². The fourth-order valence-corrected chi connectivity index (χ4v) is 1.51. The highest BCUT2D eigenvalue weighted by Crippen LogP contribution is 2.24. The Bertz CT molecular complexity index is 526. The second kappa shape index (κ2) is 6.44. The highest BCUT2D eigenvalue weighted by molar-refractivity contribution is 5.73. The zero-order valence-electron chi connectivity index (χ0n) is 10.3. The average molecular weight is 261 g/mol. The van der Waals surface area contributed by atoms with Gasteiger partial charge in [0.25, 0.3) is 0 Å². The van der Waals surface area contributed by atoms with Gasteiger partial charge >= 0.3 is 0 Å². The molecule has 1 aromatic heterocycles. The van der Waals surface area contributed by atoms with E-state index in [1.54, 1.807) is 6.20 Å². The van der Waals surface area contributed by atoms with Crippen LogP contribution in [-0.2, 0) is 11.3 Å². The predicted octanol–water partition coefficient (Wildman–Crippen LogP) is 1.54. The molecule has 3 N–H and O–H groups in total. The maximum atomic E-state index is 10.7. The largest absolute Gasteiger partial charge is 0.491 e. The van der Waals surface area contributed by atoms with Crippen LogP contribution in [-0.4, -0.2) is 17.5 Å². The number of rotatable bonds is 7. The SMILES string of the molecule is NC(=O)CCOc1ccccc1NCc1cnco1. The molecule has 6 heteroatoms. The van der Waals surface area contributed by atoms with E-state index in [1.165, 1.54) is 6.39 Å². The standard InChI is InChI=1S/C13H15N3O3/c14-13(17)5-6-18-12-4-2-1-3-11(12)16-8-10-7-15-9-19-10/h1-4,7,9,16H,5-6,8H2,(H2,14,17). The van der Waals surface area contributed by atoms with Gasteiger partial charge in [0.2, 0.25) is 5.91 Å². The number of nitrogens with zero attached hydrogens (tertiary/aromatic N) is 1. The van der Waals surface area contributed by atoms with Crippen LogP contribution in [0.4, 0.5) is 5.69 Å². The summed E-state index contributed by atoms with van der Waals surface area (Å²) in [7, 11) is 0. The molecule has 0 unspecified atom stereocenters. The lowest BCUT2D eigenvalue weighted by atomic mass is 10.3. The number of nitrogens with two attached hydrogens (primary N) is 1. The second-order valence-electron chi connectivity index (χ2n) is 3.88. The molecule has 1 heterocycles. The van der Waals surface area contributed by atoms with E-state index in [4.69, 9.17) is 14.9 Å². The van der Waals surface area contributed by atoms with Crippen molar-refractivity contribution in [3.8, 4) is 5.75 Å². The molecule has 0 atom stereocenters. The van der Waals surface area contributed by atoms with Crippen molar-refractivity contribution in [2.75, 3.05) is 11.9 Å². The molecule has 0 spiro atoms. The molecule has 1 amide bonds. The third-order valence-electron chi connectivity index (χ3n) is 2.43. The first-order chi connectivity index (χ1) is 9.25. The van der Waals surface area contributed by atoms with Crippen LogP contribution in [0, 0.1) is 0 Å². The molecule has 0 radical (unpaired) electrons. The summed E-state index contributed by atoms with van der Waals surface area (Å²) in [6, 6.07) is 7.46. The monoisotopic (exact) mass is 261 g/mol. The van der Waals surface area contributed by atoms with Crippen molar-refractivity contribution in [3.63, 3.8) is 0 Å². The number of carbonyl (C=O) groups is 1. The van der Waals surface area contributed by atoms with Crippen LogP contribution in [0.15, 0.2) is 41.3 Å². The van der Waals surface area contributed by atoms with Crippen molar-refractivity contribution >= 4 is 11.6 Å². The number of hydrogen-bond donors (Lipinski definition) is 2. The van der Waals surface area contributed by atoms with Crippen molar-refractivity contribution in [3.05, 3.63) is 42.6 Å². The minimum atomic E-state index is -0.382. The number of ether oxygens (including phenoxy) is 1. The summed E-state index contributed by atoms with van der Waals surface area (Å²) < 4.78 is 10.6. The lowest BCUT2D eigenvalue weighted by Crippen LogP contribution is -2.15. The van der Waals surface area contributed by atoms with E-state index in [0.29, 0.717) is 12.3 Å². The Balaban J connectivity index is 1.93. The molecule has 2 aromatic rings. The van der Waals surface area contributed by atoms with Gasteiger partial charge in [-0.3, -0.25) is 4.79 Å². The highest BCUT2D eigenvalue weighted by atomic mass is 16.5. The molecule has 0 aliphatic heterocycles. The van der Waals surface area contributed by atoms with Gasteiger partial charge in [-0.1, -0.05) is 12.1 Å². The van der Waals surface area contributed by atoms with Gasteiger partial charge in [0, 0.05) is 0 Å². The molecule has 0 saturated carbocycles. The molecule has 100 valence electrons. The predicted molar refractivity (Wildman–Crippen MR) is 69.6 cm³/mol. The van der Waals surface area contributed by atoms with Gasteiger partial charge in [0.15, 0.2) is 6.39 Å². The Kier molecular flexibility index (Phi) is 4.39. The molecule has 0 aliphatic carbocycles. The van der Waals surface area contributed by atoms with Crippen LogP contribution >= 0.6 is 0 Å². The molecule has 2 rings (SSSR count). The molecule has 0 saturated heterocycles. The third kappa shape index (κ3) is 4.02. The summed E-state index contributed by atoms with van der Waals surface area (Å²) in [5.74, 6) is 1.02. The highest BCUT2D eigenvalue weighted by Gasteiger charge is 2.04. The molecule has 0 bridgehead atoms. The number of oxazole rings is 1. The topological polar surface area (TPSA) is 90.4 Å². The van der Waals surface area contributed by atoms with Gasteiger partial charge in [-0.05, 0) is 12.1 Å². The normalized spacial score (nSPS) is 10.1. The summed E-state index contributed by atoms with van der Waals surface area (Å²) in [5.41, 5.74) is 5.89. The molecular formula is C13H15N3O3. The number of amides is 1. The zero-order valence-corrected chi connectivity index (χ0v) is 10.3. The van der Waals surface area contributed by atoms with E-state index in [9.17, 15) is 4.79 Å². The van der Waals surface area contributed by atoms with E-state index < -0.39 is 0 Å². The second-order valence-corrected chi connectivity index (χ2v) is 3.88. The third-order valence-corrected chi connectivity index (χ3v) is 2.43. The number of aromatic nitrogens is 1. The molecule has 6 nitrogen and oxygen atoms in total. The number of primary amides is 1. The Morgan fingerprint density at radius 3 is 3.00 bits per heavy atom. The van der Waals surface area contributed by atoms with Crippen LogP contribution in [0.25, 0.3) is 0 Å². The molecule has 1 aromatic carbocycles. The van der Waals surface area contributed by atoms with Crippen molar-refractivity contribution < 1.29 is 13.9 Å². The minimum absolute atomic E-state index is 0.191. The van der Waals surface area contributed by atoms with Gasteiger partial charge in [-0.2, -0.15) is 0 Å². The van der Waals surface area contributed by atoms with Gasteiger partial charge in [0.1, 0.15) is 11.5 Å². The molecule has 0 fully saturated rings. The summed E-state index contributed by atoms with van der Waals surface area (Å²) in [6.45, 7) is 0.770. The fourth-order valence-electron chi connectivity index (χ4n) is 1.51. The van der Waals surface area contributed by atoms with Crippen LogP contribution in [0.5, 0.6) is 5.75 Å². The van der Waals surface area contributed by atoms with E-state index in [0.717, 1.165) is 11.4 Å². The van der Waals surface area contributed by atoms with Gasteiger partial charge in [-0.15, -0.1) is 0 Å². The van der Waals surface area contributed by atoms with Gasteiger partial charge < -0.3 is 20.2 Å². The van der Waals surface area contributed by atoms with E-state index in [1.807, 2.05) is 24.3 Å². The maximum absolute atomic E-state index is 10.7. The van der Waals surface area contributed by atoms with Crippen molar-refractivity contribution in [1.29, 1.82) is 0 Å². The number of nitrogens with one attached hydrogen (secondary N) is 1. The quantitative estimate of drug-likeness (QED) is 0.789. The fraction of sp³-hybridized carbons (Fsp3) is 0.231. The van der Waals surface area contributed by atoms with E-state index >= 15 is 0 Å². The Hall–Kier alpha value is -2.50. The Morgan fingerprint density at radius 1 is 1.42 bits per heavy atom. The number of carbonyl (C=O) groups excluding carboxylic acids is 1. The zero-order chi connectivity index (χ0) is 13.5. The van der Waals surface area contributed by atoms with Crippen LogP contribution in [0.2, 0.25) is 0 Å². The van der Waals surface area contributed by atoms with Gasteiger partial charge in [0.05, 0.1) is 31.5 Å². The smallest absolute Gasteiger partial charge is 0.220 e. The first kappa shape index (κ1) is 12.9. The van der Waals surface area contributed by atoms with Crippen molar-refractivity contribution in [2.45, 2.75) is 13.0 Å². The number of hydrogen-bond acceptors (Lipinski definition) is 5. The number of benzene rings is 1.